The molecule has 0 unspecified atom stereocenters. The van der Waals surface area contributed by atoms with Crippen molar-refractivity contribution in [2.75, 3.05) is 5.32 Å². The highest BCUT2D eigenvalue weighted by Gasteiger charge is 2.15. The number of aromatic nitrogens is 1. The predicted molar refractivity (Wildman–Crippen MR) is 67.6 cm³/mol. The minimum absolute atomic E-state index is 0.623. The molecule has 1 fully saturated rings. The first-order valence-electron chi connectivity index (χ1n) is 6.04. The Hall–Kier alpha value is -1.57. The summed E-state index contributed by atoms with van der Waals surface area (Å²) >= 11 is 0. The van der Waals surface area contributed by atoms with Gasteiger partial charge in [-0.3, -0.25) is 0 Å². The molecular weight excluding hydrogens is 196 g/mol. The van der Waals surface area contributed by atoms with E-state index in [1.807, 2.05) is 6.20 Å². The van der Waals surface area contributed by atoms with Gasteiger partial charge in [-0.15, -0.1) is 0 Å². The summed E-state index contributed by atoms with van der Waals surface area (Å²) in [4.78, 5) is 4.46. The lowest BCUT2D eigenvalue weighted by Crippen LogP contribution is -2.15. The van der Waals surface area contributed by atoms with Gasteiger partial charge in [0, 0.05) is 17.6 Å². The number of nitrogens with one attached hydrogen (secondary N) is 1. The van der Waals surface area contributed by atoms with Gasteiger partial charge in [-0.1, -0.05) is 37.1 Å². The lowest BCUT2D eigenvalue weighted by atomic mass is 10.1. The molecule has 2 nitrogen and oxygen atoms in total. The Bertz CT molecular complexity index is 482. The number of nitrogens with zero attached hydrogens (tertiary/aromatic N) is 1. The molecule has 0 bridgehead atoms. The highest BCUT2D eigenvalue weighted by molar-refractivity contribution is 5.91. The van der Waals surface area contributed by atoms with Crippen molar-refractivity contribution >= 4 is 16.6 Å². The van der Waals surface area contributed by atoms with E-state index in [1.165, 1.54) is 36.5 Å². The van der Waals surface area contributed by atoms with Crippen molar-refractivity contribution < 1.29 is 0 Å². The molecule has 1 aromatic heterocycles. The fourth-order valence-corrected chi connectivity index (χ4v) is 2.50. The zero-order valence-corrected chi connectivity index (χ0v) is 9.32. The van der Waals surface area contributed by atoms with E-state index in [4.69, 9.17) is 0 Å². The normalized spacial score (nSPS) is 16.8. The number of anilines is 1. The van der Waals surface area contributed by atoms with Gasteiger partial charge >= 0.3 is 0 Å². The lowest BCUT2D eigenvalue weighted by molar-refractivity contribution is 0.752. The van der Waals surface area contributed by atoms with Crippen molar-refractivity contribution in [1.82, 2.24) is 4.98 Å². The molecule has 2 heteroatoms. The average molecular weight is 212 g/mol. The molecular formula is C14H16N2. The SMILES string of the molecule is c1ccc2c(NC3CCCC3)nccc2c1. The molecule has 0 atom stereocenters. The first-order chi connectivity index (χ1) is 7.93. The molecule has 2 aromatic rings. The Morgan fingerprint density at radius 2 is 1.88 bits per heavy atom. The monoisotopic (exact) mass is 212 g/mol. The highest BCUT2D eigenvalue weighted by atomic mass is 15.0. The van der Waals surface area contributed by atoms with Gasteiger partial charge in [-0.05, 0) is 24.3 Å². The summed E-state index contributed by atoms with van der Waals surface area (Å²) in [6.45, 7) is 0. The van der Waals surface area contributed by atoms with Gasteiger partial charge in [-0.2, -0.15) is 0 Å². The largest absolute Gasteiger partial charge is 0.367 e. The van der Waals surface area contributed by atoms with Gasteiger partial charge in [0.15, 0.2) is 0 Å². The third-order valence-electron chi connectivity index (χ3n) is 3.37. The van der Waals surface area contributed by atoms with Gasteiger partial charge in [-0.25, -0.2) is 4.98 Å². The van der Waals surface area contributed by atoms with Crippen molar-refractivity contribution in [3.8, 4) is 0 Å². The van der Waals surface area contributed by atoms with E-state index in [0.717, 1.165) is 5.82 Å². The minimum atomic E-state index is 0.623. The summed E-state index contributed by atoms with van der Waals surface area (Å²) < 4.78 is 0. The molecule has 1 heterocycles. The first-order valence-corrected chi connectivity index (χ1v) is 6.04. The van der Waals surface area contributed by atoms with Crippen molar-refractivity contribution in [3.63, 3.8) is 0 Å². The van der Waals surface area contributed by atoms with E-state index in [-0.39, 0.29) is 0 Å². The van der Waals surface area contributed by atoms with Gasteiger partial charge in [0.05, 0.1) is 0 Å². The van der Waals surface area contributed by atoms with Crippen LogP contribution in [0.5, 0.6) is 0 Å². The smallest absolute Gasteiger partial charge is 0.134 e. The maximum atomic E-state index is 4.46. The maximum absolute atomic E-state index is 4.46. The standard InChI is InChI=1S/C14H16N2/c1-4-8-13-11(5-1)9-10-15-14(13)16-12-6-2-3-7-12/h1,4-5,8-10,12H,2-3,6-7H2,(H,15,16). The van der Waals surface area contributed by atoms with E-state index in [9.17, 15) is 0 Å². The number of hydrogen-bond acceptors (Lipinski definition) is 2. The third kappa shape index (κ3) is 1.75. The molecule has 0 aliphatic heterocycles. The number of hydrogen-bond donors (Lipinski definition) is 1. The molecule has 16 heavy (non-hydrogen) atoms. The second kappa shape index (κ2) is 4.12. The Morgan fingerprint density at radius 3 is 2.75 bits per heavy atom. The molecule has 0 radical (unpaired) electrons. The Labute approximate surface area is 95.7 Å². The highest BCUT2D eigenvalue weighted by Crippen LogP contribution is 2.25. The van der Waals surface area contributed by atoms with Crippen LogP contribution in [0.25, 0.3) is 10.8 Å². The van der Waals surface area contributed by atoms with Crippen molar-refractivity contribution in [3.05, 3.63) is 36.5 Å². The molecule has 1 saturated carbocycles. The fraction of sp³-hybridized carbons (Fsp3) is 0.357. The molecule has 1 aliphatic rings. The van der Waals surface area contributed by atoms with Crippen molar-refractivity contribution in [1.29, 1.82) is 0 Å². The van der Waals surface area contributed by atoms with Crippen LogP contribution in [0.1, 0.15) is 25.7 Å². The van der Waals surface area contributed by atoms with Crippen LogP contribution in [0.15, 0.2) is 36.5 Å². The van der Waals surface area contributed by atoms with Crippen LogP contribution in [0, 0.1) is 0 Å². The number of rotatable bonds is 2. The molecule has 1 aromatic carbocycles. The van der Waals surface area contributed by atoms with E-state index < -0.39 is 0 Å². The number of fused-ring (bicyclic) bond motifs is 1. The third-order valence-corrected chi connectivity index (χ3v) is 3.37. The van der Waals surface area contributed by atoms with E-state index in [1.54, 1.807) is 0 Å². The van der Waals surface area contributed by atoms with E-state index in [0.29, 0.717) is 6.04 Å². The quantitative estimate of drug-likeness (QED) is 0.822. The molecule has 0 spiro atoms. The van der Waals surface area contributed by atoms with Gasteiger partial charge < -0.3 is 5.32 Å². The van der Waals surface area contributed by atoms with E-state index >= 15 is 0 Å². The fourth-order valence-electron chi connectivity index (χ4n) is 2.50. The summed E-state index contributed by atoms with van der Waals surface area (Å²) in [5.41, 5.74) is 0. The summed E-state index contributed by atoms with van der Waals surface area (Å²) in [6.07, 6.45) is 7.15. The second-order valence-electron chi connectivity index (χ2n) is 4.51. The lowest BCUT2D eigenvalue weighted by Gasteiger charge is -2.14. The average Bonchev–Trinajstić information content (AvgIpc) is 2.82. The van der Waals surface area contributed by atoms with Crippen LogP contribution in [0.4, 0.5) is 5.82 Å². The molecule has 0 saturated heterocycles. The molecule has 1 N–H and O–H groups in total. The Balaban J connectivity index is 1.96. The Morgan fingerprint density at radius 1 is 1.06 bits per heavy atom. The maximum Gasteiger partial charge on any atom is 0.134 e. The van der Waals surface area contributed by atoms with Crippen LogP contribution in [-0.4, -0.2) is 11.0 Å². The van der Waals surface area contributed by atoms with Crippen molar-refractivity contribution in [2.24, 2.45) is 0 Å². The van der Waals surface area contributed by atoms with Crippen molar-refractivity contribution in [2.45, 2.75) is 31.7 Å². The first kappa shape index (κ1) is 9.64. The second-order valence-corrected chi connectivity index (χ2v) is 4.51. The topological polar surface area (TPSA) is 24.9 Å². The summed E-state index contributed by atoms with van der Waals surface area (Å²) in [5.74, 6) is 1.05. The van der Waals surface area contributed by atoms with Crippen LogP contribution in [0.2, 0.25) is 0 Å². The minimum Gasteiger partial charge on any atom is -0.367 e. The number of benzene rings is 1. The van der Waals surface area contributed by atoms with Crippen LogP contribution >= 0.6 is 0 Å². The molecule has 1 aliphatic carbocycles. The number of pyridine rings is 1. The van der Waals surface area contributed by atoms with Crippen LogP contribution in [0.3, 0.4) is 0 Å². The summed E-state index contributed by atoms with van der Waals surface area (Å²) in [5, 5.41) is 6.07. The zero-order valence-electron chi connectivity index (χ0n) is 9.32. The zero-order chi connectivity index (χ0) is 10.8. The summed E-state index contributed by atoms with van der Waals surface area (Å²) in [6, 6.07) is 11.1. The van der Waals surface area contributed by atoms with Gasteiger partial charge in [0.25, 0.3) is 0 Å². The Kier molecular flexibility index (Phi) is 2.49. The van der Waals surface area contributed by atoms with E-state index in [2.05, 4.69) is 40.6 Å². The molecule has 82 valence electrons. The van der Waals surface area contributed by atoms with Gasteiger partial charge in [0.1, 0.15) is 5.82 Å². The van der Waals surface area contributed by atoms with Gasteiger partial charge in [0.2, 0.25) is 0 Å². The summed E-state index contributed by atoms with van der Waals surface area (Å²) in [7, 11) is 0. The predicted octanol–water partition coefficient (Wildman–Crippen LogP) is 3.59. The molecule has 3 rings (SSSR count). The van der Waals surface area contributed by atoms with Crippen LogP contribution < -0.4 is 5.32 Å². The molecule has 0 amide bonds. The van der Waals surface area contributed by atoms with Crippen LogP contribution in [-0.2, 0) is 0 Å².